The summed E-state index contributed by atoms with van der Waals surface area (Å²) in [6.07, 6.45) is 0.477. The molecular weight excluding hydrogens is 391 g/mol. The van der Waals surface area contributed by atoms with Crippen LogP contribution < -0.4 is 4.90 Å². The summed E-state index contributed by atoms with van der Waals surface area (Å²) in [7, 11) is 0. The maximum Gasteiger partial charge on any atom is 0.232 e. The number of carbonyl (C=O) groups is 1. The van der Waals surface area contributed by atoms with Crippen LogP contribution >= 0.6 is 35.8 Å². The molecule has 4 rings (SSSR count). The number of hydrogen-bond donors (Lipinski definition) is 0. The molecule has 0 spiro atoms. The van der Waals surface area contributed by atoms with Crippen molar-refractivity contribution in [3.8, 4) is 0 Å². The van der Waals surface area contributed by atoms with Crippen molar-refractivity contribution < 1.29 is 9.53 Å². The molecule has 2 aliphatic heterocycles. The van der Waals surface area contributed by atoms with Gasteiger partial charge in [0.05, 0.1) is 24.6 Å². The minimum Gasteiger partial charge on any atom is -0.379 e. The monoisotopic (exact) mass is 410 g/mol. The van der Waals surface area contributed by atoms with Gasteiger partial charge in [0.25, 0.3) is 0 Å². The Morgan fingerprint density at radius 2 is 1.81 bits per heavy atom. The Bertz CT molecular complexity index is 797. The number of para-hydroxylation sites is 1. The Morgan fingerprint density at radius 1 is 1.08 bits per heavy atom. The third kappa shape index (κ3) is 4.02. The molecule has 0 atom stereocenters. The van der Waals surface area contributed by atoms with Gasteiger partial charge in [-0.1, -0.05) is 35.5 Å². The molecule has 7 heteroatoms. The molecule has 2 aromatic rings. The molecule has 0 unspecified atom stereocenters. The van der Waals surface area contributed by atoms with Crippen LogP contribution in [-0.2, 0) is 9.53 Å². The largest absolute Gasteiger partial charge is 0.379 e. The van der Waals surface area contributed by atoms with Crippen molar-refractivity contribution in [2.45, 2.75) is 16.2 Å². The number of hydrogen-bond acceptors (Lipinski definition) is 4. The zero-order chi connectivity index (χ0) is 17.2. The molecule has 0 aliphatic carbocycles. The van der Waals surface area contributed by atoms with Crippen LogP contribution in [0.3, 0.4) is 0 Å². The number of rotatable bonds is 3. The van der Waals surface area contributed by atoms with Gasteiger partial charge in [0.1, 0.15) is 0 Å². The first-order valence-corrected chi connectivity index (χ1v) is 9.61. The van der Waals surface area contributed by atoms with Crippen LogP contribution in [0.15, 0.2) is 52.3 Å². The summed E-state index contributed by atoms with van der Waals surface area (Å²) in [6.45, 7) is 4.03. The van der Waals surface area contributed by atoms with Crippen LogP contribution in [0.1, 0.15) is 6.42 Å². The number of nitrogens with zero attached hydrogens (tertiary/aromatic N) is 2. The van der Waals surface area contributed by atoms with Crippen molar-refractivity contribution in [2.24, 2.45) is 0 Å². The van der Waals surface area contributed by atoms with Crippen LogP contribution in [0.4, 0.5) is 11.4 Å². The number of amides is 1. The van der Waals surface area contributed by atoms with Crippen molar-refractivity contribution in [3.05, 3.63) is 47.5 Å². The maximum absolute atomic E-state index is 13.1. The van der Waals surface area contributed by atoms with Crippen LogP contribution in [0.5, 0.6) is 0 Å². The Balaban J connectivity index is 0.00000196. The number of carbonyl (C=O) groups excluding carboxylic acids is 1. The molecule has 1 saturated heterocycles. The van der Waals surface area contributed by atoms with E-state index in [4.69, 9.17) is 16.3 Å². The summed E-state index contributed by atoms with van der Waals surface area (Å²) in [5.74, 6) is 0.0998. The van der Waals surface area contributed by atoms with Crippen molar-refractivity contribution >= 4 is 53.1 Å². The molecule has 0 radical (unpaired) electrons. The van der Waals surface area contributed by atoms with Crippen molar-refractivity contribution in [1.29, 1.82) is 0 Å². The topological polar surface area (TPSA) is 32.8 Å². The molecule has 2 aromatic carbocycles. The van der Waals surface area contributed by atoms with Gasteiger partial charge in [0, 0.05) is 40.9 Å². The molecule has 26 heavy (non-hydrogen) atoms. The molecule has 1 fully saturated rings. The summed E-state index contributed by atoms with van der Waals surface area (Å²) < 4.78 is 5.37. The van der Waals surface area contributed by atoms with Gasteiger partial charge in [-0.25, -0.2) is 0 Å². The minimum absolute atomic E-state index is 0. The summed E-state index contributed by atoms with van der Waals surface area (Å²) >= 11 is 7.88. The third-order valence-electron chi connectivity index (χ3n) is 4.48. The van der Waals surface area contributed by atoms with Crippen molar-refractivity contribution in [3.63, 3.8) is 0 Å². The van der Waals surface area contributed by atoms with E-state index in [1.807, 2.05) is 41.3 Å². The van der Waals surface area contributed by atoms with Gasteiger partial charge in [-0.15, -0.1) is 12.4 Å². The lowest BCUT2D eigenvalue weighted by molar-refractivity contribution is -0.118. The molecule has 2 aliphatic rings. The third-order valence-corrected chi connectivity index (χ3v) is 5.85. The summed E-state index contributed by atoms with van der Waals surface area (Å²) in [5.41, 5.74) is 1.82. The lowest BCUT2D eigenvalue weighted by Crippen LogP contribution is -2.39. The number of fused-ring (bicyclic) bond motifs is 2. The smallest absolute Gasteiger partial charge is 0.232 e. The molecule has 1 amide bonds. The number of halogens is 2. The summed E-state index contributed by atoms with van der Waals surface area (Å²) in [4.78, 5) is 19.4. The highest BCUT2D eigenvalue weighted by Gasteiger charge is 2.28. The predicted octanol–water partition coefficient (Wildman–Crippen LogP) is 4.61. The van der Waals surface area contributed by atoms with Crippen LogP contribution in [0, 0.1) is 0 Å². The molecule has 2 heterocycles. The van der Waals surface area contributed by atoms with Gasteiger partial charge in [-0.2, -0.15) is 0 Å². The van der Waals surface area contributed by atoms with Crippen LogP contribution in [0.25, 0.3) is 0 Å². The minimum atomic E-state index is 0. The van der Waals surface area contributed by atoms with Crippen molar-refractivity contribution in [2.75, 3.05) is 37.7 Å². The lowest BCUT2D eigenvalue weighted by atomic mass is 10.2. The summed E-state index contributed by atoms with van der Waals surface area (Å²) in [5, 5.41) is 0.643. The first-order valence-electron chi connectivity index (χ1n) is 8.42. The number of anilines is 2. The maximum atomic E-state index is 13.1. The number of benzene rings is 2. The zero-order valence-electron chi connectivity index (χ0n) is 14.2. The fourth-order valence-corrected chi connectivity index (χ4v) is 4.39. The Labute approximate surface area is 168 Å². The number of morpholine rings is 1. The predicted molar refractivity (Wildman–Crippen MR) is 108 cm³/mol. The fourth-order valence-electron chi connectivity index (χ4n) is 3.19. The first-order chi connectivity index (χ1) is 12.2. The molecule has 0 N–H and O–H groups in total. The Hall–Kier alpha value is -1.24. The van der Waals surface area contributed by atoms with Gasteiger partial charge >= 0.3 is 0 Å². The Kier molecular flexibility index (Phi) is 6.48. The van der Waals surface area contributed by atoms with E-state index in [1.54, 1.807) is 11.8 Å². The van der Waals surface area contributed by atoms with E-state index in [1.165, 1.54) is 0 Å². The highest BCUT2D eigenvalue weighted by atomic mass is 35.5. The Morgan fingerprint density at radius 3 is 2.62 bits per heavy atom. The first kappa shape index (κ1) is 19.5. The van der Waals surface area contributed by atoms with E-state index in [2.05, 4.69) is 11.0 Å². The zero-order valence-corrected chi connectivity index (χ0v) is 16.6. The molecule has 4 nitrogen and oxygen atoms in total. The second kappa shape index (κ2) is 8.63. The molecule has 0 aromatic heterocycles. The quantitative estimate of drug-likeness (QED) is 0.739. The SMILES string of the molecule is Cl.O=C(CCN1CCOCC1)N1c2ccccc2Sc2ccc(Cl)cc21. The standard InChI is InChI=1S/C19H19ClN2O2S.ClH/c20-14-5-6-18-16(13-14)22(15-3-1-2-4-17(15)25-18)19(23)7-8-21-9-11-24-12-10-21;/h1-6,13H,7-12H2;1H. The van der Waals surface area contributed by atoms with E-state index >= 15 is 0 Å². The highest BCUT2D eigenvalue weighted by molar-refractivity contribution is 7.99. The van der Waals surface area contributed by atoms with E-state index in [0.717, 1.165) is 54.0 Å². The molecular formula is C19H20Cl2N2O2S. The van der Waals surface area contributed by atoms with Gasteiger partial charge in [0.2, 0.25) is 5.91 Å². The molecule has 0 bridgehead atoms. The lowest BCUT2D eigenvalue weighted by Gasteiger charge is -2.32. The van der Waals surface area contributed by atoms with Crippen LogP contribution in [-0.4, -0.2) is 43.7 Å². The molecule has 0 saturated carbocycles. The highest BCUT2D eigenvalue weighted by Crippen LogP contribution is 2.48. The summed E-state index contributed by atoms with van der Waals surface area (Å²) in [6, 6.07) is 13.8. The van der Waals surface area contributed by atoms with Gasteiger partial charge in [-0.05, 0) is 30.3 Å². The van der Waals surface area contributed by atoms with Crippen molar-refractivity contribution in [1.82, 2.24) is 4.90 Å². The van der Waals surface area contributed by atoms with E-state index in [9.17, 15) is 4.79 Å². The average molecular weight is 411 g/mol. The molecule has 138 valence electrons. The van der Waals surface area contributed by atoms with Crippen LogP contribution in [0.2, 0.25) is 5.02 Å². The average Bonchev–Trinajstić information content (AvgIpc) is 2.65. The second-order valence-electron chi connectivity index (χ2n) is 6.11. The second-order valence-corrected chi connectivity index (χ2v) is 7.64. The fraction of sp³-hybridized carbons (Fsp3) is 0.316. The van der Waals surface area contributed by atoms with Gasteiger partial charge in [0.15, 0.2) is 0 Å². The van der Waals surface area contributed by atoms with E-state index < -0.39 is 0 Å². The van der Waals surface area contributed by atoms with Gasteiger partial charge < -0.3 is 4.74 Å². The van der Waals surface area contributed by atoms with Gasteiger partial charge in [-0.3, -0.25) is 14.6 Å². The van der Waals surface area contributed by atoms with E-state index in [-0.39, 0.29) is 18.3 Å². The van der Waals surface area contributed by atoms with E-state index in [0.29, 0.717) is 11.4 Å². The normalized spacial score (nSPS) is 16.4. The number of ether oxygens (including phenoxy) is 1.